The van der Waals surface area contributed by atoms with Gasteiger partial charge in [-0.1, -0.05) is 18.5 Å². The third kappa shape index (κ3) is 2.12. The van der Waals surface area contributed by atoms with Crippen molar-refractivity contribution in [3.05, 3.63) is 41.7 Å². The quantitative estimate of drug-likeness (QED) is 0.795. The van der Waals surface area contributed by atoms with Crippen LogP contribution in [0.3, 0.4) is 0 Å². The Morgan fingerprint density at radius 2 is 2.15 bits per heavy atom. The highest BCUT2D eigenvalue weighted by molar-refractivity contribution is 6.32. The third-order valence-corrected chi connectivity index (χ3v) is 3.51. The van der Waals surface area contributed by atoms with Crippen LogP contribution < -0.4 is 0 Å². The SMILES string of the molecule is CCCn1c(-c2ccc(O)c(Cl)c2)nc2cnccc21. The van der Waals surface area contributed by atoms with Gasteiger partial charge in [0, 0.05) is 18.3 Å². The van der Waals surface area contributed by atoms with E-state index >= 15 is 0 Å². The van der Waals surface area contributed by atoms with Crippen LogP contribution in [0.2, 0.25) is 5.02 Å². The standard InChI is InChI=1S/C15H14ClN3O/c1-2-7-19-13-5-6-17-9-12(13)18-15(19)10-3-4-14(20)11(16)8-10/h3-6,8-9,20H,2,7H2,1H3. The lowest BCUT2D eigenvalue weighted by Gasteiger charge is -2.08. The molecule has 3 rings (SSSR count). The first-order chi connectivity index (χ1) is 9.70. The number of benzene rings is 1. The molecule has 5 heteroatoms. The normalized spacial score (nSPS) is 11.1. The van der Waals surface area contributed by atoms with Crippen LogP contribution in [-0.2, 0) is 6.54 Å². The predicted molar refractivity (Wildman–Crippen MR) is 79.9 cm³/mol. The summed E-state index contributed by atoms with van der Waals surface area (Å²) in [7, 11) is 0. The maximum Gasteiger partial charge on any atom is 0.141 e. The van der Waals surface area contributed by atoms with Crippen molar-refractivity contribution >= 4 is 22.6 Å². The molecule has 0 spiro atoms. The molecule has 0 saturated carbocycles. The fraction of sp³-hybridized carbons (Fsp3) is 0.200. The monoisotopic (exact) mass is 287 g/mol. The molecular formula is C15H14ClN3O. The first-order valence-corrected chi connectivity index (χ1v) is 6.87. The lowest BCUT2D eigenvalue weighted by atomic mass is 10.2. The minimum atomic E-state index is 0.0789. The van der Waals surface area contributed by atoms with Gasteiger partial charge in [-0.05, 0) is 30.7 Å². The number of hydrogen-bond acceptors (Lipinski definition) is 3. The smallest absolute Gasteiger partial charge is 0.141 e. The number of halogens is 1. The Balaban J connectivity index is 2.23. The number of nitrogens with zero attached hydrogens (tertiary/aromatic N) is 3. The van der Waals surface area contributed by atoms with E-state index in [1.807, 2.05) is 12.1 Å². The van der Waals surface area contributed by atoms with E-state index in [-0.39, 0.29) is 5.75 Å². The molecule has 0 unspecified atom stereocenters. The molecule has 2 heterocycles. The molecule has 4 nitrogen and oxygen atoms in total. The highest BCUT2D eigenvalue weighted by Gasteiger charge is 2.13. The van der Waals surface area contributed by atoms with Gasteiger partial charge in [-0.2, -0.15) is 0 Å². The van der Waals surface area contributed by atoms with Crippen molar-refractivity contribution in [2.45, 2.75) is 19.9 Å². The van der Waals surface area contributed by atoms with E-state index in [1.165, 1.54) is 0 Å². The maximum absolute atomic E-state index is 9.53. The second kappa shape index (κ2) is 5.13. The van der Waals surface area contributed by atoms with E-state index in [9.17, 15) is 5.11 Å². The van der Waals surface area contributed by atoms with Crippen LogP contribution >= 0.6 is 11.6 Å². The van der Waals surface area contributed by atoms with Gasteiger partial charge < -0.3 is 9.67 Å². The Bertz CT molecular complexity index is 767. The van der Waals surface area contributed by atoms with Crippen LogP contribution in [0.5, 0.6) is 5.75 Å². The number of aryl methyl sites for hydroxylation is 1. The number of pyridine rings is 1. The van der Waals surface area contributed by atoms with Crippen LogP contribution in [0, 0.1) is 0 Å². The molecule has 0 saturated heterocycles. The Hall–Kier alpha value is -2.07. The maximum atomic E-state index is 9.53. The third-order valence-electron chi connectivity index (χ3n) is 3.20. The second-order valence-corrected chi connectivity index (χ2v) is 5.02. The zero-order valence-corrected chi connectivity index (χ0v) is 11.8. The minimum Gasteiger partial charge on any atom is -0.506 e. The van der Waals surface area contributed by atoms with Gasteiger partial charge in [0.15, 0.2) is 0 Å². The van der Waals surface area contributed by atoms with E-state index in [1.54, 1.807) is 24.5 Å². The molecule has 0 bridgehead atoms. The van der Waals surface area contributed by atoms with Crippen LogP contribution in [0.15, 0.2) is 36.7 Å². The van der Waals surface area contributed by atoms with E-state index in [0.29, 0.717) is 5.02 Å². The highest BCUT2D eigenvalue weighted by atomic mass is 35.5. The molecule has 20 heavy (non-hydrogen) atoms. The molecule has 0 radical (unpaired) electrons. The summed E-state index contributed by atoms with van der Waals surface area (Å²) in [4.78, 5) is 8.74. The summed E-state index contributed by atoms with van der Waals surface area (Å²) in [6, 6.07) is 7.11. The number of fused-ring (bicyclic) bond motifs is 1. The summed E-state index contributed by atoms with van der Waals surface area (Å²) < 4.78 is 2.15. The molecule has 0 aliphatic heterocycles. The number of hydrogen-bond donors (Lipinski definition) is 1. The van der Waals surface area contributed by atoms with Crippen LogP contribution in [0.1, 0.15) is 13.3 Å². The predicted octanol–water partition coefficient (Wildman–Crippen LogP) is 3.87. The van der Waals surface area contributed by atoms with Gasteiger partial charge in [-0.15, -0.1) is 0 Å². The lowest BCUT2D eigenvalue weighted by molar-refractivity contribution is 0.475. The Labute approximate surface area is 121 Å². The van der Waals surface area contributed by atoms with Gasteiger partial charge in [-0.25, -0.2) is 4.98 Å². The summed E-state index contributed by atoms with van der Waals surface area (Å²) in [5.41, 5.74) is 2.80. The fourth-order valence-corrected chi connectivity index (χ4v) is 2.48. The van der Waals surface area contributed by atoms with Crippen molar-refractivity contribution in [3.8, 4) is 17.1 Å². The Morgan fingerprint density at radius 3 is 2.90 bits per heavy atom. The largest absolute Gasteiger partial charge is 0.506 e. The summed E-state index contributed by atoms with van der Waals surface area (Å²) in [6.07, 6.45) is 4.53. The van der Waals surface area contributed by atoms with Crippen molar-refractivity contribution in [1.82, 2.24) is 14.5 Å². The number of phenols is 1. The van der Waals surface area contributed by atoms with E-state index in [4.69, 9.17) is 11.6 Å². The van der Waals surface area contributed by atoms with Gasteiger partial charge in [0.05, 0.1) is 16.7 Å². The van der Waals surface area contributed by atoms with E-state index in [2.05, 4.69) is 21.5 Å². The second-order valence-electron chi connectivity index (χ2n) is 4.62. The van der Waals surface area contributed by atoms with Crippen molar-refractivity contribution in [2.24, 2.45) is 0 Å². The van der Waals surface area contributed by atoms with Gasteiger partial charge in [0.25, 0.3) is 0 Å². The lowest BCUT2D eigenvalue weighted by Crippen LogP contribution is -1.99. The van der Waals surface area contributed by atoms with Gasteiger partial charge in [0.2, 0.25) is 0 Å². The topological polar surface area (TPSA) is 50.9 Å². The van der Waals surface area contributed by atoms with Crippen LogP contribution in [-0.4, -0.2) is 19.6 Å². The molecule has 1 N–H and O–H groups in total. The number of aromatic nitrogens is 3. The first-order valence-electron chi connectivity index (χ1n) is 6.50. The fourth-order valence-electron chi connectivity index (χ4n) is 2.30. The number of aromatic hydroxyl groups is 1. The Morgan fingerprint density at radius 1 is 1.30 bits per heavy atom. The number of rotatable bonds is 3. The molecule has 0 aliphatic rings. The highest BCUT2D eigenvalue weighted by Crippen LogP contribution is 2.30. The zero-order valence-electron chi connectivity index (χ0n) is 11.0. The van der Waals surface area contributed by atoms with Crippen molar-refractivity contribution in [2.75, 3.05) is 0 Å². The van der Waals surface area contributed by atoms with Gasteiger partial charge in [0.1, 0.15) is 17.1 Å². The number of phenolic OH excluding ortho intramolecular Hbond substituents is 1. The van der Waals surface area contributed by atoms with Crippen molar-refractivity contribution in [3.63, 3.8) is 0 Å². The van der Waals surface area contributed by atoms with Crippen LogP contribution in [0.25, 0.3) is 22.4 Å². The molecule has 2 aromatic heterocycles. The molecule has 102 valence electrons. The summed E-state index contributed by atoms with van der Waals surface area (Å²) in [5, 5.41) is 9.86. The average Bonchev–Trinajstić information content (AvgIpc) is 2.82. The summed E-state index contributed by atoms with van der Waals surface area (Å²) >= 11 is 5.99. The number of imidazole rings is 1. The van der Waals surface area contributed by atoms with E-state index < -0.39 is 0 Å². The minimum absolute atomic E-state index is 0.0789. The summed E-state index contributed by atoms with van der Waals surface area (Å²) in [5.74, 6) is 0.923. The van der Waals surface area contributed by atoms with E-state index in [0.717, 1.165) is 35.4 Å². The van der Waals surface area contributed by atoms with Gasteiger partial charge in [-0.3, -0.25) is 4.98 Å². The Kier molecular flexibility index (Phi) is 3.32. The molecule has 3 aromatic rings. The molecule has 0 atom stereocenters. The molecular weight excluding hydrogens is 274 g/mol. The summed E-state index contributed by atoms with van der Waals surface area (Å²) in [6.45, 7) is 2.99. The molecule has 0 amide bonds. The zero-order chi connectivity index (χ0) is 14.1. The average molecular weight is 288 g/mol. The van der Waals surface area contributed by atoms with Crippen molar-refractivity contribution in [1.29, 1.82) is 0 Å². The van der Waals surface area contributed by atoms with Gasteiger partial charge >= 0.3 is 0 Å². The molecule has 1 aromatic carbocycles. The van der Waals surface area contributed by atoms with Crippen LogP contribution in [0.4, 0.5) is 0 Å². The molecule has 0 fully saturated rings. The molecule has 0 aliphatic carbocycles. The first kappa shape index (κ1) is 12.9. The van der Waals surface area contributed by atoms with Crippen molar-refractivity contribution < 1.29 is 5.11 Å².